The number of nitrogens with zero attached hydrogens (tertiary/aromatic N) is 1. The summed E-state index contributed by atoms with van der Waals surface area (Å²) >= 11 is 1.94. The number of hydrogen-bond acceptors (Lipinski definition) is 2. The third kappa shape index (κ3) is 2.55. The van der Waals surface area contributed by atoms with E-state index in [0.717, 1.165) is 17.9 Å². The van der Waals surface area contributed by atoms with Crippen LogP contribution in [0.5, 0.6) is 5.75 Å². The number of hydrogen-bond donors (Lipinski definition) is 0. The quantitative estimate of drug-likeness (QED) is 0.586. The Morgan fingerprint density at radius 1 is 1.09 bits per heavy atom. The molecule has 1 aliphatic rings. The van der Waals surface area contributed by atoms with Crippen molar-refractivity contribution in [2.45, 2.75) is 18.4 Å². The maximum Gasteiger partial charge on any atom is 0.126 e. The number of para-hydroxylation sites is 1. The van der Waals surface area contributed by atoms with Gasteiger partial charge in [-0.25, -0.2) is 0 Å². The van der Waals surface area contributed by atoms with E-state index in [0.29, 0.717) is 0 Å². The van der Waals surface area contributed by atoms with Crippen LogP contribution in [0.1, 0.15) is 17.5 Å². The fourth-order valence-corrected chi connectivity index (χ4v) is 4.30. The van der Waals surface area contributed by atoms with Gasteiger partial charge in [0.15, 0.2) is 0 Å². The Bertz CT molecular complexity index is 890. The van der Waals surface area contributed by atoms with Crippen molar-refractivity contribution in [3.63, 3.8) is 0 Å². The first-order valence-corrected chi connectivity index (χ1v) is 8.85. The van der Waals surface area contributed by atoms with Crippen LogP contribution in [0, 0.1) is 6.92 Å². The SMILES string of the molecule is Cc1ccc(O/C=C2\CCSc3c2c2ccccc2n3C)cc1. The second-order valence-electron chi connectivity index (χ2n) is 5.93. The Hall–Kier alpha value is -2.13. The maximum absolute atomic E-state index is 5.93. The average Bonchev–Trinajstić information content (AvgIpc) is 2.88. The third-order valence-electron chi connectivity index (χ3n) is 4.34. The minimum Gasteiger partial charge on any atom is -0.465 e. The lowest BCUT2D eigenvalue weighted by Gasteiger charge is -2.16. The van der Waals surface area contributed by atoms with Crippen LogP contribution in [0.25, 0.3) is 16.5 Å². The summed E-state index contributed by atoms with van der Waals surface area (Å²) in [6.45, 7) is 2.09. The van der Waals surface area contributed by atoms with Crippen molar-refractivity contribution in [3.05, 3.63) is 65.9 Å². The molecule has 3 aromatic rings. The first-order valence-electron chi connectivity index (χ1n) is 7.87. The predicted octanol–water partition coefficient (Wildman–Crippen LogP) is 5.40. The zero-order valence-corrected chi connectivity index (χ0v) is 14.2. The zero-order chi connectivity index (χ0) is 15.8. The summed E-state index contributed by atoms with van der Waals surface area (Å²) in [6, 6.07) is 16.8. The molecule has 0 saturated heterocycles. The molecule has 0 aliphatic carbocycles. The summed E-state index contributed by atoms with van der Waals surface area (Å²) in [7, 11) is 2.15. The molecule has 1 aromatic heterocycles. The van der Waals surface area contributed by atoms with Gasteiger partial charge in [0.2, 0.25) is 0 Å². The van der Waals surface area contributed by atoms with E-state index >= 15 is 0 Å². The van der Waals surface area contributed by atoms with Gasteiger partial charge in [-0.1, -0.05) is 35.9 Å². The van der Waals surface area contributed by atoms with E-state index in [2.05, 4.69) is 54.9 Å². The Morgan fingerprint density at radius 3 is 2.70 bits per heavy atom. The van der Waals surface area contributed by atoms with Crippen LogP contribution in [-0.4, -0.2) is 10.3 Å². The summed E-state index contributed by atoms with van der Waals surface area (Å²) < 4.78 is 8.23. The largest absolute Gasteiger partial charge is 0.465 e. The first kappa shape index (κ1) is 14.5. The highest BCUT2D eigenvalue weighted by Crippen LogP contribution is 2.42. The van der Waals surface area contributed by atoms with Gasteiger partial charge < -0.3 is 9.30 Å². The lowest BCUT2D eigenvalue weighted by molar-refractivity contribution is 0.481. The van der Waals surface area contributed by atoms with Crippen molar-refractivity contribution < 1.29 is 4.74 Å². The van der Waals surface area contributed by atoms with E-state index in [-0.39, 0.29) is 0 Å². The highest BCUT2D eigenvalue weighted by molar-refractivity contribution is 7.99. The fraction of sp³-hybridized carbons (Fsp3) is 0.200. The summed E-state index contributed by atoms with van der Waals surface area (Å²) in [5.41, 5.74) is 5.16. The van der Waals surface area contributed by atoms with Crippen LogP contribution in [0.4, 0.5) is 0 Å². The number of ether oxygens (including phenoxy) is 1. The van der Waals surface area contributed by atoms with Gasteiger partial charge >= 0.3 is 0 Å². The Morgan fingerprint density at radius 2 is 1.87 bits per heavy atom. The van der Waals surface area contributed by atoms with Crippen molar-refractivity contribution in [2.24, 2.45) is 7.05 Å². The summed E-state index contributed by atoms with van der Waals surface area (Å²) in [5.74, 6) is 1.99. The smallest absolute Gasteiger partial charge is 0.126 e. The highest BCUT2D eigenvalue weighted by Gasteiger charge is 2.22. The van der Waals surface area contributed by atoms with E-state index in [1.807, 2.05) is 30.2 Å². The molecular formula is C20H19NOS. The molecule has 0 atom stereocenters. The fourth-order valence-electron chi connectivity index (χ4n) is 3.11. The van der Waals surface area contributed by atoms with Crippen molar-refractivity contribution in [1.82, 2.24) is 4.57 Å². The van der Waals surface area contributed by atoms with E-state index in [9.17, 15) is 0 Å². The van der Waals surface area contributed by atoms with Crippen molar-refractivity contribution in [3.8, 4) is 5.75 Å². The number of thioether (sulfide) groups is 1. The number of allylic oxidation sites excluding steroid dienone is 1. The number of fused-ring (bicyclic) bond motifs is 3. The minimum atomic E-state index is 0.892. The molecule has 2 heterocycles. The molecule has 0 fully saturated rings. The second-order valence-corrected chi connectivity index (χ2v) is 7.01. The molecule has 0 N–H and O–H groups in total. The Kier molecular flexibility index (Phi) is 3.66. The number of aryl methyl sites for hydroxylation is 2. The van der Waals surface area contributed by atoms with Gasteiger partial charge in [0.1, 0.15) is 5.75 Å². The zero-order valence-electron chi connectivity index (χ0n) is 13.4. The highest BCUT2D eigenvalue weighted by atomic mass is 32.2. The molecule has 2 aromatic carbocycles. The van der Waals surface area contributed by atoms with Crippen LogP contribution >= 0.6 is 11.8 Å². The summed E-state index contributed by atoms with van der Waals surface area (Å²) in [4.78, 5) is 0. The van der Waals surface area contributed by atoms with Crippen LogP contribution < -0.4 is 4.74 Å². The molecule has 1 aliphatic heterocycles. The molecular weight excluding hydrogens is 302 g/mol. The second kappa shape index (κ2) is 5.82. The third-order valence-corrected chi connectivity index (χ3v) is 5.50. The molecule has 0 spiro atoms. The monoisotopic (exact) mass is 321 g/mol. The number of aromatic nitrogens is 1. The molecule has 4 rings (SSSR count). The maximum atomic E-state index is 5.93. The normalized spacial score (nSPS) is 15.8. The molecule has 0 unspecified atom stereocenters. The van der Waals surface area contributed by atoms with Crippen molar-refractivity contribution in [2.75, 3.05) is 5.75 Å². The minimum absolute atomic E-state index is 0.892. The number of rotatable bonds is 2. The molecule has 23 heavy (non-hydrogen) atoms. The van der Waals surface area contributed by atoms with E-state index in [4.69, 9.17) is 4.74 Å². The van der Waals surface area contributed by atoms with Gasteiger partial charge in [0, 0.05) is 29.3 Å². The Balaban J connectivity index is 1.76. The van der Waals surface area contributed by atoms with Gasteiger partial charge in [0.05, 0.1) is 11.3 Å². The molecule has 116 valence electrons. The van der Waals surface area contributed by atoms with E-state index in [1.165, 1.54) is 32.6 Å². The molecule has 2 nitrogen and oxygen atoms in total. The summed E-state index contributed by atoms with van der Waals surface area (Å²) in [5, 5.41) is 2.66. The van der Waals surface area contributed by atoms with Crippen LogP contribution in [-0.2, 0) is 7.05 Å². The standard InChI is InChI=1S/C20H19NOS/c1-14-7-9-16(10-8-14)22-13-15-11-12-23-20-19(15)17-5-3-4-6-18(17)21(20)2/h3-10,13H,11-12H2,1-2H3/b15-13+. The van der Waals surface area contributed by atoms with E-state index in [1.54, 1.807) is 0 Å². The van der Waals surface area contributed by atoms with Gasteiger partial charge in [-0.3, -0.25) is 0 Å². The first-order chi connectivity index (χ1) is 11.2. The van der Waals surface area contributed by atoms with Crippen molar-refractivity contribution >= 4 is 28.2 Å². The number of benzene rings is 2. The lowest BCUT2D eigenvalue weighted by atomic mass is 10.0. The van der Waals surface area contributed by atoms with Gasteiger partial charge in [-0.2, -0.15) is 0 Å². The van der Waals surface area contributed by atoms with Crippen LogP contribution in [0.2, 0.25) is 0 Å². The van der Waals surface area contributed by atoms with E-state index < -0.39 is 0 Å². The molecule has 0 saturated carbocycles. The Labute approximate surface area is 140 Å². The lowest BCUT2D eigenvalue weighted by Crippen LogP contribution is -2.01. The molecule has 0 bridgehead atoms. The van der Waals surface area contributed by atoms with Crippen molar-refractivity contribution in [1.29, 1.82) is 0 Å². The molecule has 3 heteroatoms. The van der Waals surface area contributed by atoms with Crippen LogP contribution in [0.3, 0.4) is 0 Å². The van der Waals surface area contributed by atoms with Gasteiger partial charge in [-0.15, -0.1) is 11.8 Å². The molecule has 0 radical (unpaired) electrons. The van der Waals surface area contributed by atoms with Gasteiger partial charge in [0.25, 0.3) is 0 Å². The summed E-state index contributed by atoms with van der Waals surface area (Å²) in [6.07, 6.45) is 2.98. The van der Waals surface area contributed by atoms with Gasteiger partial charge in [-0.05, 0) is 37.1 Å². The topological polar surface area (TPSA) is 14.2 Å². The van der Waals surface area contributed by atoms with Crippen LogP contribution in [0.15, 0.2) is 59.8 Å². The average molecular weight is 321 g/mol. The molecule has 0 amide bonds. The predicted molar refractivity (Wildman–Crippen MR) is 98.0 cm³/mol.